The lowest BCUT2D eigenvalue weighted by molar-refractivity contribution is 1.07. The van der Waals surface area contributed by atoms with Gasteiger partial charge in [-0.2, -0.15) is 0 Å². The van der Waals surface area contributed by atoms with Crippen LogP contribution in [0.25, 0.3) is 0 Å². The predicted molar refractivity (Wildman–Crippen MR) is 50.2 cm³/mol. The Hall–Kier alpha value is -0.490. The van der Waals surface area contributed by atoms with Crippen molar-refractivity contribution in [2.75, 3.05) is 0 Å². The minimum absolute atomic E-state index is 0.119. The van der Waals surface area contributed by atoms with Gasteiger partial charge in [0, 0.05) is 0 Å². The number of halogens is 1. The maximum absolute atomic E-state index is 5.95. The minimum atomic E-state index is 0.119. The second-order valence-corrected chi connectivity index (χ2v) is 3.69. The molecule has 60 valence electrons. The van der Waals surface area contributed by atoms with E-state index in [0.29, 0.717) is 0 Å². The molecule has 1 unspecified atom stereocenters. The van der Waals surface area contributed by atoms with Crippen molar-refractivity contribution >= 4 is 11.6 Å². The highest BCUT2D eigenvalue weighted by molar-refractivity contribution is 6.20. The summed E-state index contributed by atoms with van der Waals surface area (Å²) >= 11 is 5.95. The number of benzene rings is 1. The summed E-state index contributed by atoms with van der Waals surface area (Å²) in [5, 5.41) is 0.119. The Morgan fingerprint density at radius 3 is 1.91 bits per heavy atom. The lowest BCUT2D eigenvalue weighted by atomic mass is 10.1. The summed E-state index contributed by atoms with van der Waals surface area (Å²) in [6, 6.07) is 6.41. The highest BCUT2D eigenvalue weighted by Gasteiger charge is 2.00. The van der Waals surface area contributed by atoms with Crippen LogP contribution in [0.1, 0.15) is 29.0 Å². The summed E-state index contributed by atoms with van der Waals surface area (Å²) in [5.41, 5.74) is 3.78. The Balaban J connectivity index is 3.08. The molecule has 0 nitrogen and oxygen atoms in total. The van der Waals surface area contributed by atoms with Crippen molar-refractivity contribution in [2.45, 2.75) is 26.1 Å². The molecule has 0 heterocycles. The van der Waals surface area contributed by atoms with Crippen molar-refractivity contribution in [3.63, 3.8) is 0 Å². The van der Waals surface area contributed by atoms with Crippen LogP contribution < -0.4 is 0 Å². The van der Waals surface area contributed by atoms with Gasteiger partial charge in [-0.25, -0.2) is 0 Å². The zero-order valence-corrected chi connectivity index (χ0v) is 7.94. The molecule has 0 aliphatic heterocycles. The topological polar surface area (TPSA) is 0 Å². The maximum atomic E-state index is 5.95. The molecule has 0 saturated carbocycles. The molecule has 0 radical (unpaired) electrons. The lowest BCUT2D eigenvalue weighted by Crippen LogP contribution is -1.87. The third kappa shape index (κ3) is 2.23. The Kier molecular flexibility index (Phi) is 2.56. The van der Waals surface area contributed by atoms with E-state index in [9.17, 15) is 0 Å². The molecule has 0 aliphatic carbocycles. The number of hydrogen-bond acceptors (Lipinski definition) is 0. The van der Waals surface area contributed by atoms with E-state index in [0.717, 1.165) is 0 Å². The molecule has 0 spiro atoms. The highest BCUT2D eigenvalue weighted by Crippen LogP contribution is 2.21. The Bertz CT molecular complexity index is 231. The van der Waals surface area contributed by atoms with E-state index < -0.39 is 0 Å². The van der Waals surface area contributed by atoms with Gasteiger partial charge in [-0.1, -0.05) is 29.3 Å². The van der Waals surface area contributed by atoms with Crippen LogP contribution >= 0.6 is 11.6 Å². The summed E-state index contributed by atoms with van der Waals surface area (Å²) in [4.78, 5) is 0. The first kappa shape index (κ1) is 8.61. The van der Waals surface area contributed by atoms with E-state index in [2.05, 4.69) is 32.0 Å². The molecule has 0 bridgehead atoms. The Morgan fingerprint density at radius 2 is 1.55 bits per heavy atom. The second kappa shape index (κ2) is 3.27. The first-order valence-corrected chi connectivity index (χ1v) is 4.25. The van der Waals surface area contributed by atoms with E-state index in [4.69, 9.17) is 11.6 Å². The van der Waals surface area contributed by atoms with Gasteiger partial charge in [0.2, 0.25) is 0 Å². The zero-order chi connectivity index (χ0) is 8.43. The first-order chi connectivity index (χ1) is 5.09. The van der Waals surface area contributed by atoms with Crippen LogP contribution in [-0.4, -0.2) is 0 Å². The Morgan fingerprint density at radius 1 is 1.09 bits per heavy atom. The van der Waals surface area contributed by atoms with Crippen molar-refractivity contribution in [1.29, 1.82) is 0 Å². The van der Waals surface area contributed by atoms with E-state index in [-0.39, 0.29) is 5.38 Å². The van der Waals surface area contributed by atoms with E-state index in [1.54, 1.807) is 0 Å². The zero-order valence-electron chi connectivity index (χ0n) is 7.19. The molecule has 1 rings (SSSR count). The van der Waals surface area contributed by atoms with Gasteiger partial charge < -0.3 is 0 Å². The largest absolute Gasteiger partial charge is 0.118 e. The van der Waals surface area contributed by atoms with Crippen LogP contribution in [0.15, 0.2) is 18.2 Å². The average Bonchev–Trinajstić information content (AvgIpc) is 1.85. The third-order valence-corrected chi connectivity index (χ3v) is 1.96. The maximum Gasteiger partial charge on any atom is 0.0557 e. The van der Waals surface area contributed by atoms with E-state index >= 15 is 0 Å². The summed E-state index contributed by atoms with van der Waals surface area (Å²) in [6.07, 6.45) is 0. The van der Waals surface area contributed by atoms with Gasteiger partial charge >= 0.3 is 0 Å². The molecule has 0 aliphatic rings. The molecule has 0 N–H and O–H groups in total. The van der Waals surface area contributed by atoms with Gasteiger partial charge in [0.1, 0.15) is 0 Å². The van der Waals surface area contributed by atoms with Crippen LogP contribution in [-0.2, 0) is 0 Å². The highest BCUT2D eigenvalue weighted by atomic mass is 35.5. The fraction of sp³-hybridized carbons (Fsp3) is 0.400. The average molecular weight is 169 g/mol. The summed E-state index contributed by atoms with van der Waals surface area (Å²) in [6.45, 7) is 6.18. The molecule has 0 saturated heterocycles. The lowest BCUT2D eigenvalue weighted by Gasteiger charge is -2.05. The molecule has 1 heteroatoms. The fourth-order valence-electron chi connectivity index (χ4n) is 1.24. The van der Waals surface area contributed by atoms with Gasteiger partial charge in [0.05, 0.1) is 5.38 Å². The van der Waals surface area contributed by atoms with Gasteiger partial charge in [0.25, 0.3) is 0 Å². The summed E-state index contributed by atoms with van der Waals surface area (Å²) < 4.78 is 0. The number of aryl methyl sites for hydroxylation is 2. The first-order valence-electron chi connectivity index (χ1n) is 3.82. The smallest absolute Gasteiger partial charge is 0.0557 e. The number of rotatable bonds is 1. The summed E-state index contributed by atoms with van der Waals surface area (Å²) in [7, 11) is 0. The quantitative estimate of drug-likeness (QED) is 0.562. The monoisotopic (exact) mass is 168 g/mol. The van der Waals surface area contributed by atoms with Crippen molar-refractivity contribution in [3.8, 4) is 0 Å². The molecule has 11 heavy (non-hydrogen) atoms. The molecule has 1 aromatic carbocycles. The van der Waals surface area contributed by atoms with E-state index in [1.165, 1.54) is 16.7 Å². The summed E-state index contributed by atoms with van der Waals surface area (Å²) in [5.74, 6) is 0. The van der Waals surface area contributed by atoms with Crippen LogP contribution in [0.3, 0.4) is 0 Å². The molecular weight excluding hydrogens is 156 g/mol. The van der Waals surface area contributed by atoms with Crippen LogP contribution in [0.5, 0.6) is 0 Å². The van der Waals surface area contributed by atoms with Crippen molar-refractivity contribution < 1.29 is 0 Å². The fourth-order valence-corrected chi connectivity index (χ4v) is 1.37. The van der Waals surface area contributed by atoms with Crippen molar-refractivity contribution in [1.82, 2.24) is 0 Å². The number of alkyl halides is 1. The van der Waals surface area contributed by atoms with Crippen LogP contribution in [0, 0.1) is 13.8 Å². The van der Waals surface area contributed by atoms with Gasteiger partial charge in [-0.15, -0.1) is 11.6 Å². The van der Waals surface area contributed by atoms with Gasteiger partial charge in [0.15, 0.2) is 0 Å². The van der Waals surface area contributed by atoms with Gasteiger partial charge in [-0.05, 0) is 26.3 Å². The normalized spacial score (nSPS) is 13.1. The van der Waals surface area contributed by atoms with Crippen LogP contribution in [0.2, 0.25) is 0 Å². The molecule has 1 atom stereocenters. The second-order valence-electron chi connectivity index (χ2n) is 3.04. The molecule has 1 aromatic rings. The molecular formula is C10H13Cl. The van der Waals surface area contributed by atoms with Crippen molar-refractivity contribution in [2.24, 2.45) is 0 Å². The minimum Gasteiger partial charge on any atom is -0.118 e. The standard InChI is InChI=1S/C10H13Cl/c1-7-4-8(2)6-10(5-7)9(3)11/h4-6,9H,1-3H3. The van der Waals surface area contributed by atoms with Crippen LogP contribution in [0.4, 0.5) is 0 Å². The Labute approximate surface area is 73.2 Å². The molecule has 0 fully saturated rings. The molecule has 0 aromatic heterocycles. The molecule has 0 amide bonds. The van der Waals surface area contributed by atoms with E-state index in [1.807, 2.05) is 6.92 Å². The predicted octanol–water partition coefficient (Wildman–Crippen LogP) is 3.60. The number of hydrogen-bond donors (Lipinski definition) is 0. The van der Waals surface area contributed by atoms with Crippen molar-refractivity contribution in [3.05, 3.63) is 34.9 Å². The third-order valence-electron chi connectivity index (χ3n) is 1.70. The SMILES string of the molecule is Cc1cc(C)cc(C(C)Cl)c1. The van der Waals surface area contributed by atoms with Gasteiger partial charge in [-0.3, -0.25) is 0 Å².